The Morgan fingerprint density at radius 2 is 0.763 bits per heavy atom. The van der Waals surface area contributed by atoms with E-state index in [-0.39, 0.29) is 47.4 Å². The quantitative estimate of drug-likeness (QED) is 0.0423. The van der Waals surface area contributed by atoms with Crippen LogP contribution < -0.4 is 22.9 Å². The average Bonchev–Trinajstić information content (AvgIpc) is 1.66. The van der Waals surface area contributed by atoms with Crippen molar-refractivity contribution >= 4 is 128 Å². The Balaban J connectivity index is 0.000000229. The van der Waals surface area contributed by atoms with Crippen LogP contribution in [-0.4, -0.2) is 359 Å². The summed E-state index contributed by atoms with van der Waals surface area (Å²) in [6, 6.07) is 0. The summed E-state index contributed by atoms with van der Waals surface area (Å²) in [5, 5.41) is 94.2. The summed E-state index contributed by atoms with van der Waals surface area (Å²) in [6.07, 6.45) is 21.0. The van der Waals surface area contributed by atoms with Gasteiger partial charge < -0.3 is 131 Å². The first-order valence-electron chi connectivity index (χ1n) is 38.7. The molecule has 0 bridgehead atoms. The van der Waals surface area contributed by atoms with Crippen molar-refractivity contribution in [1.82, 2.24) is 29.2 Å². The maximum atomic E-state index is 10.8. The zero-order valence-corrected chi connectivity index (χ0v) is 80.8. The average molecular weight is 1900 g/mol. The fourth-order valence-electron chi connectivity index (χ4n) is 15.9. The molecule has 9 aliphatic heterocycles. The third kappa shape index (κ3) is 26.7. The Kier molecular flexibility index (Phi) is 36.3. The van der Waals surface area contributed by atoms with Crippen LogP contribution in [0.1, 0.15) is 52.0 Å². The van der Waals surface area contributed by atoms with Gasteiger partial charge >= 0.3 is 0 Å². The molecule has 0 amide bonds. The molecular formula is C80H136Br2N13O17P5S. The first-order chi connectivity index (χ1) is 54.2. The second-order valence-electron chi connectivity index (χ2n) is 35.6. The molecule has 30 nitrogen and oxygen atoms in total. The van der Waals surface area contributed by atoms with E-state index in [1.807, 2.05) is 47.9 Å². The van der Waals surface area contributed by atoms with Gasteiger partial charge in [0.1, 0.15) is 90.4 Å². The molecule has 5 unspecified atom stereocenters. The van der Waals surface area contributed by atoms with E-state index >= 15 is 0 Å². The van der Waals surface area contributed by atoms with E-state index in [0.29, 0.717) is 59.9 Å². The van der Waals surface area contributed by atoms with Crippen LogP contribution in [0.5, 0.6) is 0 Å². The highest BCUT2D eigenvalue weighted by Crippen LogP contribution is 2.48. The molecule has 668 valence electrons. The fraction of sp³-hybridized carbons (Fsp3) is 0.625. The van der Waals surface area contributed by atoms with Gasteiger partial charge in [-0.1, -0.05) is 60.9 Å². The van der Waals surface area contributed by atoms with Crippen LogP contribution in [0.2, 0.25) is 0 Å². The molecule has 10 heterocycles. The normalized spacial score (nSPS) is 32.1. The summed E-state index contributed by atoms with van der Waals surface area (Å²) in [4.78, 5) is 23.2. The number of hydrogen-bond donors (Lipinski definition) is 13. The molecule has 1 aromatic heterocycles. The van der Waals surface area contributed by atoms with Gasteiger partial charge in [0.05, 0.1) is 66.1 Å². The van der Waals surface area contributed by atoms with Crippen LogP contribution in [0.3, 0.4) is 0 Å². The maximum absolute atomic E-state index is 10.8. The number of methoxy groups -OCH3 is 3. The third-order valence-corrected chi connectivity index (χ3v) is 30.3. The minimum Gasteiger partial charge on any atom is -0.491 e. The van der Waals surface area contributed by atoms with Crippen molar-refractivity contribution in [1.29, 1.82) is 0 Å². The molecule has 25 atom stereocenters. The fourth-order valence-corrected chi connectivity index (χ4v) is 25.6. The summed E-state index contributed by atoms with van der Waals surface area (Å²) in [5.41, 5.74) is 25.8. The molecule has 38 heteroatoms. The number of allylic oxidation sites excluding steroid dienone is 2. The van der Waals surface area contributed by atoms with Crippen molar-refractivity contribution < 1.29 is 83.9 Å². The van der Waals surface area contributed by atoms with Gasteiger partial charge in [-0.3, -0.25) is 0 Å². The lowest BCUT2D eigenvalue weighted by molar-refractivity contribution is -0.0773. The smallest absolute Gasteiger partial charge is 0.199 e. The first kappa shape index (κ1) is 103. The number of hydrogen-bond acceptors (Lipinski definition) is 30. The molecule has 17 N–H and O–H groups in total. The SMILES string of the molecule is C=C1C=C(N)C(Br)=CN1[C@@H]1O[C@H](C(C)CP(=C)(C)C)[C@@H](O)[C@H]1O.C=C1N=C(N)C(Br)=CN1[C@@H]1O[C@H](C(C)CP(=C)(C)C)[C@@H](O)[C@H]1O.C=C1N=C(N)C(OC)=CN1[C@@H]1O[C@H](C(C)CP(=C)(C)C)[C@@H](O)[C@H]1O.C=C1N=C(N)C(OC)=CN1[C@@H]1O[C@H](C(C)CP(=C)(C)C)[C@@H](O)[C@H]1OC.C=P(C)(C)CC(C)[C@H]1O[C@@H](c2cn(C)c(=S)nc2C)[C@H](O)[C@@H]1O. The number of nitrogens with two attached hydrogens (primary N) is 4. The highest BCUT2D eigenvalue weighted by molar-refractivity contribution is 9.12. The number of rotatable bonds is 23. The van der Waals surface area contributed by atoms with E-state index < -0.39 is 151 Å². The van der Waals surface area contributed by atoms with Crippen LogP contribution in [0, 0.1) is 41.3 Å². The van der Waals surface area contributed by atoms with Crippen LogP contribution in [-0.2, 0) is 44.9 Å². The van der Waals surface area contributed by atoms with Crippen molar-refractivity contribution in [3.8, 4) is 0 Å². The van der Waals surface area contributed by atoms with Crippen LogP contribution in [0.15, 0.2) is 128 Å². The lowest BCUT2D eigenvalue weighted by atomic mass is 9.97. The van der Waals surface area contributed by atoms with Crippen molar-refractivity contribution in [2.45, 2.75) is 164 Å². The predicted octanol–water partition coefficient (Wildman–Crippen LogP) is 6.28. The monoisotopic (exact) mass is 1900 g/mol. The lowest BCUT2D eigenvalue weighted by Crippen LogP contribution is -2.44. The van der Waals surface area contributed by atoms with Gasteiger partial charge in [0.25, 0.3) is 0 Å². The van der Waals surface area contributed by atoms with Crippen LogP contribution in [0.4, 0.5) is 0 Å². The molecular weight excluding hydrogens is 1760 g/mol. The Morgan fingerprint density at radius 3 is 1.12 bits per heavy atom. The molecule has 0 radical (unpaired) electrons. The molecule has 5 fully saturated rings. The largest absolute Gasteiger partial charge is 0.491 e. The van der Waals surface area contributed by atoms with E-state index in [1.165, 1.54) is 14.2 Å². The number of aliphatic imine (C=N–C) groups is 3. The molecule has 0 spiro atoms. The molecule has 0 aromatic carbocycles. The van der Waals surface area contributed by atoms with Crippen molar-refractivity contribution in [2.75, 3.05) is 119 Å². The van der Waals surface area contributed by atoms with Crippen LogP contribution in [0.25, 0.3) is 0 Å². The van der Waals surface area contributed by atoms with Gasteiger partial charge in [0, 0.05) is 55.4 Å². The zero-order valence-electron chi connectivity index (χ0n) is 72.3. The zero-order chi connectivity index (χ0) is 89.7. The first-order valence-corrected chi connectivity index (χ1v) is 55.9. The van der Waals surface area contributed by atoms with Crippen molar-refractivity contribution in [3.05, 3.63) is 129 Å². The number of ether oxygens (including phenoxy) is 8. The topological polar surface area (TPSA) is 428 Å². The number of nitrogens with zero attached hydrogens (tertiary/aromatic N) is 9. The number of aliphatic hydroxyl groups excluding tert-OH is 9. The van der Waals surface area contributed by atoms with Crippen molar-refractivity contribution in [2.24, 2.45) is 74.5 Å². The standard InChI is InChI=1S/C17H30N3O4P.C16H26BrN2O3P.C16H28N3O4P.C16H27N2O3PS.C15H25BrN3O3P/c1-10(9-25(5,6)7)14-13(21)15(23-4)17(24-14)20-8-12(22-3)16(18)19-11(20)2;1-9(8-23(3,4)5)15-13(20)14(21)16(22-15)19-7-11(17)12(18)6-10(19)2;1-9(8-24(4,5)6)14-12(20)13(21)16(23-14)19-7-11(22-3)15(17)18-10(19)2;1-9(8-22(4,5)6)14-12(19)13(20)15(21-14)11-7-18(3)16(23)17-10(11)2;1-8(7-23(3,4)5)13-11(20)12(21)15(22-13)19-6-10(16)14(17)18-9(19)2/h8,10,13-15,17,21H,2,5,9H2,1,3-4,6-7H3,(H2,18,19);6-7,9,13-16,20-21H,2-3,8,18H2,1,4-5H3;7,9,12-14,16,20-21H,2,4,8H2,1,3,5-6H3,(H2,17,18);7,9,12-15,19-20H,4,8H2,1-3,5-6H3;6,8,11-13,15,20-21H,2-3,7H2,1,4-5H3,(H2,17,18)/t10?,13-,14-,15-,17-;9?,13-,14+,15+,16+;9?,12-,13+,14+,16+;9?,12-,13+,14+,15-;8?,11-,12+,13+,15+/m10000/s1. The summed E-state index contributed by atoms with van der Waals surface area (Å²) >= 11 is 11.8. The van der Waals surface area contributed by atoms with E-state index in [0.717, 1.165) is 42.1 Å². The number of aromatic nitrogens is 2. The summed E-state index contributed by atoms with van der Waals surface area (Å²) in [7, 11) is 6.36. The molecule has 0 saturated carbocycles. The molecule has 10 rings (SSSR count). The van der Waals surface area contributed by atoms with E-state index in [2.05, 4.69) is 183 Å². The van der Waals surface area contributed by atoms with Gasteiger partial charge in [-0.25, -0.2) is 20.0 Å². The number of halogens is 2. The minimum atomic E-state index is -1.28. The van der Waals surface area contributed by atoms with E-state index in [9.17, 15) is 46.0 Å². The Bertz CT molecular complexity index is 4280. The predicted molar refractivity (Wildman–Crippen MR) is 501 cm³/mol. The molecule has 0 aliphatic carbocycles. The molecule has 5 saturated heterocycles. The van der Waals surface area contributed by atoms with Gasteiger partial charge in [-0.2, -0.15) is 0 Å². The number of aliphatic hydroxyl groups is 9. The minimum absolute atomic E-state index is 0.0676. The van der Waals surface area contributed by atoms with E-state index in [4.69, 9.17) is 73.0 Å². The van der Waals surface area contributed by atoms with Gasteiger partial charge in [0.2, 0.25) is 0 Å². The summed E-state index contributed by atoms with van der Waals surface area (Å²) in [6.45, 7) is 42.8. The Morgan fingerprint density at radius 1 is 0.458 bits per heavy atom. The van der Waals surface area contributed by atoms with Gasteiger partial charge in [-0.05, 0) is 184 Å². The molecule has 9 aliphatic rings. The summed E-state index contributed by atoms with van der Waals surface area (Å²) in [5.74, 6) is 3.19. The number of amidine groups is 3. The molecule has 1 aromatic rings. The highest BCUT2D eigenvalue weighted by Gasteiger charge is 2.54. The second kappa shape index (κ2) is 41.8. The van der Waals surface area contributed by atoms with Crippen molar-refractivity contribution in [3.63, 3.8) is 0 Å². The Hall–Kier alpha value is -4.17. The van der Waals surface area contributed by atoms with Gasteiger partial charge in [0.15, 0.2) is 52.9 Å². The van der Waals surface area contributed by atoms with Gasteiger partial charge in [-0.15, -0.1) is 65.9 Å². The third-order valence-electron chi connectivity index (χ3n) is 20.9. The maximum Gasteiger partial charge on any atom is 0.199 e. The molecule has 118 heavy (non-hydrogen) atoms. The highest BCUT2D eigenvalue weighted by atomic mass is 79.9. The van der Waals surface area contributed by atoms with E-state index in [1.54, 1.807) is 62.2 Å². The summed E-state index contributed by atoms with van der Waals surface area (Å²) < 4.78 is 49.6. The Labute approximate surface area is 722 Å². The lowest BCUT2D eigenvalue weighted by Gasteiger charge is -2.33. The second-order valence-corrected chi connectivity index (χ2v) is 58.8. The van der Waals surface area contributed by atoms with Crippen LogP contribution >= 0.6 is 78.5 Å². The number of aryl methyl sites for hydroxylation is 2.